The molecule has 0 saturated heterocycles. The first-order valence-electron chi connectivity index (χ1n) is 8.41. The summed E-state index contributed by atoms with van der Waals surface area (Å²) in [5, 5.41) is 13.3. The van der Waals surface area contributed by atoms with Crippen molar-refractivity contribution >= 4 is 45.5 Å². The van der Waals surface area contributed by atoms with Gasteiger partial charge in [0, 0.05) is 33.4 Å². The molecule has 1 heterocycles. The van der Waals surface area contributed by atoms with E-state index in [0.717, 1.165) is 5.56 Å². The fourth-order valence-corrected chi connectivity index (χ4v) is 4.03. The Morgan fingerprint density at radius 1 is 1.25 bits per heavy atom. The topological polar surface area (TPSA) is 79.6 Å². The fourth-order valence-electron chi connectivity index (χ4n) is 2.58. The van der Waals surface area contributed by atoms with Gasteiger partial charge in [-0.05, 0) is 23.5 Å². The third kappa shape index (κ3) is 4.77. The largest absolute Gasteiger partial charge is 0.868 e. The molecule has 7 heteroatoms. The maximum Gasteiger partial charge on any atom is 0.391 e. The van der Waals surface area contributed by atoms with Crippen LogP contribution < -0.4 is 10.7 Å². The summed E-state index contributed by atoms with van der Waals surface area (Å²) >= 11 is 5.87. The van der Waals surface area contributed by atoms with Crippen LogP contribution in [0, 0.1) is 0 Å². The molecule has 0 aliphatic rings. The second-order valence-corrected chi connectivity index (χ2v) is 8.47. The molecule has 0 radical (unpaired) electrons. The molecule has 0 saturated carbocycles. The SMILES string of the molecule is C[S+](CCOC(=O)/C=C/c1ccccc1)c1c([O-])c2ccc(Cl)cc2oc1=O. The van der Waals surface area contributed by atoms with Crippen LogP contribution in [0.5, 0.6) is 5.75 Å². The Bertz CT molecular complexity index is 1080. The molecule has 0 aliphatic heterocycles. The Morgan fingerprint density at radius 2 is 2.00 bits per heavy atom. The maximum absolute atomic E-state index is 12.6. The van der Waals surface area contributed by atoms with E-state index >= 15 is 0 Å². The predicted octanol–water partition coefficient (Wildman–Crippen LogP) is 3.38. The van der Waals surface area contributed by atoms with E-state index in [2.05, 4.69) is 0 Å². The first-order valence-corrected chi connectivity index (χ1v) is 10.6. The van der Waals surface area contributed by atoms with E-state index in [4.69, 9.17) is 20.8 Å². The number of carbonyl (C=O) groups excluding carboxylic acids is 1. The molecular formula is C21H17ClO5S. The molecule has 0 N–H and O–H groups in total. The van der Waals surface area contributed by atoms with Gasteiger partial charge >= 0.3 is 11.6 Å². The van der Waals surface area contributed by atoms with Gasteiger partial charge in [0.25, 0.3) is 0 Å². The fraction of sp³-hybridized carbons (Fsp3) is 0.143. The number of ether oxygens (including phenoxy) is 1. The van der Waals surface area contributed by atoms with Gasteiger partial charge in [-0.15, -0.1) is 0 Å². The van der Waals surface area contributed by atoms with Crippen LogP contribution in [0.3, 0.4) is 0 Å². The van der Waals surface area contributed by atoms with Crippen molar-refractivity contribution in [1.29, 1.82) is 0 Å². The third-order valence-electron chi connectivity index (χ3n) is 3.98. The highest BCUT2D eigenvalue weighted by atomic mass is 35.5. The van der Waals surface area contributed by atoms with Gasteiger partial charge in [-0.1, -0.05) is 48.0 Å². The van der Waals surface area contributed by atoms with Crippen molar-refractivity contribution < 1.29 is 19.1 Å². The highest BCUT2D eigenvalue weighted by Gasteiger charge is 2.24. The molecule has 0 amide bonds. The Labute approximate surface area is 169 Å². The normalized spacial score (nSPS) is 12.4. The Balaban J connectivity index is 1.64. The van der Waals surface area contributed by atoms with Gasteiger partial charge in [-0.3, -0.25) is 0 Å². The predicted molar refractivity (Wildman–Crippen MR) is 110 cm³/mol. The van der Waals surface area contributed by atoms with E-state index in [0.29, 0.717) is 16.2 Å². The second-order valence-electron chi connectivity index (χ2n) is 5.94. The van der Waals surface area contributed by atoms with E-state index in [9.17, 15) is 14.7 Å². The molecular weight excluding hydrogens is 400 g/mol. The zero-order valence-electron chi connectivity index (χ0n) is 15.0. The summed E-state index contributed by atoms with van der Waals surface area (Å²) in [5.74, 6) is -0.503. The maximum atomic E-state index is 12.6. The molecule has 0 spiro atoms. The summed E-state index contributed by atoms with van der Waals surface area (Å²) in [7, 11) is -0.727. The van der Waals surface area contributed by atoms with Crippen molar-refractivity contribution in [2.24, 2.45) is 0 Å². The van der Waals surface area contributed by atoms with Crippen LogP contribution in [0.2, 0.25) is 5.02 Å². The van der Waals surface area contributed by atoms with Crippen LogP contribution in [0.1, 0.15) is 5.56 Å². The van der Waals surface area contributed by atoms with Crippen LogP contribution in [-0.2, 0) is 20.4 Å². The Morgan fingerprint density at radius 3 is 2.75 bits per heavy atom. The summed E-state index contributed by atoms with van der Waals surface area (Å²) in [6.07, 6.45) is 4.76. The van der Waals surface area contributed by atoms with Gasteiger partial charge in [0.2, 0.25) is 4.90 Å². The highest BCUT2D eigenvalue weighted by Crippen LogP contribution is 2.29. The van der Waals surface area contributed by atoms with Crippen LogP contribution in [-0.4, -0.2) is 24.6 Å². The lowest BCUT2D eigenvalue weighted by Crippen LogP contribution is -2.22. The van der Waals surface area contributed by atoms with Crippen LogP contribution in [0.15, 0.2) is 68.7 Å². The summed E-state index contributed by atoms with van der Waals surface area (Å²) in [6, 6.07) is 13.9. The van der Waals surface area contributed by atoms with Gasteiger partial charge < -0.3 is 14.3 Å². The molecule has 3 aromatic rings. The highest BCUT2D eigenvalue weighted by molar-refractivity contribution is 7.96. The molecule has 144 valence electrons. The number of benzene rings is 2. The second kappa shape index (κ2) is 8.99. The van der Waals surface area contributed by atoms with Gasteiger partial charge in [-0.2, -0.15) is 0 Å². The number of halogens is 1. The van der Waals surface area contributed by atoms with Crippen LogP contribution in [0.25, 0.3) is 17.0 Å². The smallest absolute Gasteiger partial charge is 0.391 e. The summed E-state index contributed by atoms with van der Waals surface area (Å²) in [4.78, 5) is 24.1. The number of carbonyl (C=O) groups is 1. The van der Waals surface area contributed by atoms with Gasteiger partial charge in [-0.25, -0.2) is 9.59 Å². The summed E-state index contributed by atoms with van der Waals surface area (Å²) < 4.78 is 10.4. The molecule has 0 aliphatic carbocycles. The van der Waals surface area contributed by atoms with E-state index in [-0.39, 0.29) is 22.8 Å². The molecule has 0 bridgehead atoms. The minimum absolute atomic E-state index is 0.0747. The number of esters is 1. The Kier molecular flexibility index (Phi) is 6.44. The molecule has 3 rings (SSSR count). The minimum Gasteiger partial charge on any atom is -0.868 e. The van der Waals surface area contributed by atoms with E-state index < -0.39 is 22.5 Å². The standard InChI is InChI=1S/C21H17ClO5S/c1-28(12-11-26-18(23)10-7-14-5-3-2-4-6-14)20-19(24)16-9-8-15(22)13-17(16)27-21(20)25/h2-10,13H,11-12H2,1H3/b10-7+. The van der Waals surface area contributed by atoms with E-state index in [1.54, 1.807) is 18.4 Å². The van der Waals surface area contributed by atoms with Crippen molar-refractivity contribution in [3.63, 3.8) is 0 Å². The number of hydrogen-bond acceptors (Lipinski definition) is 5. The lowest BCUT2D eigenvalue weighted by Gasteiger charge is -2.13. The zero-order valence-corrected chi connectivity index (χ0v) is 16.6. The average molecular weight is 417 g/mol. The zero-order chi connectivity index (χ0) is 20.1. The quantitative estimate of drug-likeness (QED) is 0.266. The van der Waals surface area contributed by atoms with Crippen molar-refractivity contribution in [2.45, 2.75) is 4.90 Å². The third-order valence-corrected chi connectivity index (χ3v) is 6.04. The summed E-state index contributed by atoms with van der Waals surface area (Å²) in [5.41, 5.74) is 0.376. The van der Waals surface area contributed by atoms with Gasteiger partial charge in [0.1, 0.15) is 24.2 Å². The van der Waals surface area contributed by atoms with Crippen molar-refractivity contribution in [1.82, 2.24) is 0 Å². The van der Waals surface area contributed by atoms with E-state index in [1.165, 1.54) is 18.2 Å². The lowest BCUT2D eigenvalue weighted by atomic mass is 10.2. The van der Waals surface area contributed by atoms with E-state index in [1.807, 2.05) is 30.3 Å². The first-order chi connectivity index (χ1) is 13.5. The molecule has 1 unspecified atom stereocenters. The first kappa shape index (κ1) is 20.0. The molecule has 0 fully saturated rings. The summed E-state index contributed by atoms with van der Waals surface area (Å²) in [6.45, 7) is 0.0924. The van der Waals surface area contributed by atoms with Crippen molar-refractivity contribution in [3.8, 4) is 5.75 Å². The van der Waals surface area contributed by atoms with Crippen molar-refractivity contribution in [3.05, 3.63) is 75.6 Å². The van der Waals surface area contributed by atoms with Crippen LogP contribution >= 0.6 is 11.6 Å². The van der Waals surface area contributed by atoms with Crippen molar-refractivity contribution in [2.75, 3.05) is 18.6 Å². The molecule has 5 nitrogen and oxygen atoms in total. The van der Waals surface area contributed by atoms with Crippen LogP contribution in [0.4, 0.5) is 0 Å². The minimum atomic E-state index is -0.727. The number of rotatable bonds is 6. The molecule has 1 aromatic heterocycles. The monoisotopic (exact) mass is 416 g/mol. The number of fused-ring (bicyclic) bond motifs is 1. The molecule has 1 atom stereocenters. The van der Waals surface area contributed by atoms with Gasteiger partial charge in [0.15, 0.2) is 0 Å². The lowest BCUT2D eigenvalue weighted by molar-refractivity contribution is -0.270. The Hall–Kier alpha value is -2.70. The van der Waals surface area contributed by atoms with Gasteiger partial charge in [0.05, 0.1) is 0 Å². The molecule has 2 aromatic carbocycles. The molecule has 28 heavy (non-hydrogen) atoms. The average Bonchev–Trinajstić information content (AvgIpc) is 2.67. The number of hydrogen-bond donors (Lipinski definition) is 0.